The van der Waals surface area contributed by atoms with Crippen molar-refractivity contribution in [3.63, 3.8) is 0 Å². The number of para-hydroxylation sites is 1. The van der Waals surface area contributed by atoms with E-state index in [0.29, 0.717) is 5.56 Å². The summed E-state index contributed by atoms with van der Waals surface area (Å²) in [5.74, 6) is -0.126. The van der Waals surface area contributed by atoms with Gasteiger partial charge >= 0.3 is 0 Å². The van der Waals surface area contributed by atoms with Gasteiger partial charge in [-0.2, -0.15) is 5.10 Å². The highest BCUT2D eigenvalue weighted by molar-refractivity contribution is 9.10. The molecule has 0 radical (unpaired) electrons. The Kier molecular flexibility index (Phi) is 4.57. The third-order valence-corrected chi connectivity index (χ3v) is 4.34. The van der Waals surface area contributed by atoms with Gasteiger partial charge < -0.3 is 5.32 Å². The SMILES string of the molecule is C[C@@H](NC(=O)c1ccccc1-n1cccn1)c1ccccc1Br. The molecular weight excluding hydrogens is 354 g/mol. The molecular formula is C18H16BrN3O. The quantitative estimate of drug-likeness (QED) is 0.751. The lowest BCUT2D eigenvalue weighted by Crippen LogP contribution is -2.28. The fourth-order valence-electron chi connectivity index (χ4n) is 2.46. The van der Waals surface area contributed by atoms with E-state index in [4.69, 9.17) is 0 Å². The molecule has 0 aliphatic heterocycles. The first-order chi connectivity index (χ1) is 11.2. The number of rotatable bonds is 4. The predicted octanol–water partition coefficient (Wildman–Crippen LogP) is 4.13. The van der Waals surface area contributed by atoms with Crippen molar-refractivity contribution in [1.29, 1.82) is 0 Å². The minimum atomic E-state index is -0.126. The minimum Gasteiger partial charge on any atom is -0.345 e. The number of hydrogen-bond donors (Lipinski definition) is 1. The first-order valence-corrected chi connectivity index (χ1v) is 8.10. The van der Waals surface area contributed by atoms with E-state index < -0.39 is 0 Å². The monoisotopic (exact) mass is 369 g/mol. The van der Waals surface area contributed by atoms with E-state index >= 15 is 0 Å². The highest BCUT2D eigenvalue weighted by atomic mass is 79.9. The van der Waals surface area contributed by atoms with E-state index in [0.717, 1.165) is 15.7 Å². The molecule has 4 nitrogen and oxygen atoms in total. The Morgan fingerprint density at radius 1 is 1.13 bits per heavy atom. The first-order valence-electron chi connectivity index (χ1n) is 7.31. The van der Waals surface area contributed by atoms with Crippen molar-refractivity contribution in [2.45, 2.75) is 13.0 Å². The average molecular weight is 370 g/mol. The smallest absolute Gasteiger partial charge is 0.253 e. The van der Waals surface area contributed by atoms with Crippen LogP contribution in [0.2, 0.25) is 0 Å². The van der Waals surface area contributed by atoms with Gasteiger partial charge in [-0.3, -0.25) is 4.79 Å². The molecule has 1 heterocycles. The Balaban J connectivity index is 1.86. The van der Waals surface area contributed by atoms with E-state index in [1.165, 1.54) is 0 Å². The van der Waals surface area contributed by atoms with E-state index in [9.17, 15) is 4.79 Å². The molecule has 0 saturated heterocycles. The molecule has 116 valence electrons. The van der Waals surface area contributed by atoms with Crippen LogP contribution in [0.4, 0.5) is 0 Å². The molecule has 0 bridgehead atoms. The fourth-order valence-corrected chi connectivity index (χ4v) is 3.08. The standard InChI is InChI=1S/C18H16BrN3O/c1-13(14-7-2-4-9-16(14)19)21-18(23)15-8-3-5-10-17(15)22-12-6-11-20-22/h2-13H,1H3,(H,21,23)/t13-/m1/s1. The summed E-state index contributed by atoms with van der Waals surface area (Å²) in [6, 6.07) is 17.0. The van der Waals surface area contributed by atoms with Crippen molar-refractivity contribution in [2.75, 3.05) is 0 Å². The summed E-state index contributed by atoms with van der Waals surface area (Å²) in [7, 11) is 0. The topological polar surface area (TPSA) is 46.9 Å². The second-order valence-corrected chi connectivity index (χ2v) is 6.04. The highest BCUT2D eigenvalue weighted by Gasteiger charge is 2.16. The van der Waals surface area contributed by atoms with E-state index in [1.807, 2.05) is 61.7 Å². The Morgan fingerprint density at radius 3 is 2.61 bits per heavy atom. The molecule has 5 heteroatoms. The Hall–Kier alpha value is -2.40. The maximum Gasteiger partial charge on any atom is 0.253 e. The van der Waals surface area contributed by atoms with Gasteiger partial charge in [0, 0.05) is 16.9 Å². The molecule has 23 heavy (non-hydrogen) atoms. The molecule has 1 aromatic heterocycles. The molecule has 2 aromatic carbocycles. The predicted molar refractivity (Wildman–Crippen MR) is 93.6 cm³/mol. The van der Waals surface area contributed by atoms with Gasteiger partial charge in [-0.15, -0.1) is 0 Å². The van der Waals surface area contributed by atoms with Gasteiger partial charge in [0.05, 0.1) is 17.3 Å². The summed E-state index contributed by atoms with van der Waals surface area (Å²) < 4.78 is 2.67. The number of amides is 1. The van der Waals surface area contributed by atoms with E-state index in [2.05, 4.69) is 26.3 Å². The molecule has 0 fully saturated rings. The molecule has 1 atom stereocenters. The number of carbonyl (C=O) groups is 1. The number of nitrogens with zero attached hydrogens (tertiary/aromatic N) is 2. The summed E-state index contributed by atoms with van der Waals surface area (Å²) in [5, 5.41) is 7.26. The van der Waals surface area contributed by atoms with Gasteiger partial charge in [0.25, 0.3) is 5.91 Å². The third-order valence-electron chi connectivity index (χ3n) is 3.62. The molecule has 0 aliphatic rings. The summed E-state index contributed by atoms with van der Waals surface area (Å²) in [5.41, 5.74) is 2.39. The third kappa shape index (κ3) is 3.35. The van der Waals surface area contributed by atoms with Gasteiger partial charge in [-0.05, 0) is 36.8 Å². The van der Waals surface area contributed by atoms with Crippen molar-refractivity contribution in [3.8, 4) is 5.69 Å². The number of hydrogen-bond acceptors (Lipinski definition) is 2. The molecule has 3 aromatic rings. The Bertz CT molecular complexity index is 815. The summed E-state index contributed by atoms with van der Waals surface area (Å²) in [6.07, 6.45) is 3.52. The van der Waals surface area contributed by atoms with Crippen LogP contribution in [0.25, 0.3) is 5.69 Å². The Labute approximate surface area is 143 Å². The first kappa shape index (κ1) is 15.5. The summed E-state index contributed by atoms with van der Waals surface area (Å²) in [4.78, 5) is 12.7. The zero-order valence-corrected chi connectivity index (χ0v) is 14.2. The van der Waals surface area contributed by atoms with Gasteiger partial charge in [0.1, 0.15) is 0 Å². The maximum atomic E-state index is 12.7. The lowest BCUT2D eigenvalue weighted by molar-refractivity contribution is 0.0939. The highest BCUT2D eigenvalue weighted by Crippen LogP contribution is 2.23. The lowest BCUT2D eigenvalue weighted by Gasteiger charge is -2.17. The zero-order chi connectivity index (χ0) is 16.2. The van der Waals surface area contributed by atoms with Crippen LogP contribution in [0, 0.1) is 0 Å². The van der Waals surface area contributed by atoms with Crippen molar-refractivity contribution in [2.24, 2.45) is 0 Å². The maximum absolute atomic E-state index is 12.7. The van der Waals surface area contributed by atoms with Crippen molar-refractivity contribution in [3.05, 3.63) is 82.6 Å². The van der Waals surface area contributed by atoms with Crippen LogP contribution in [0.15, 0.2) is 71.5 Å². The van der Waals surface area contributed by atoms with Crippen molar-refractivity contribution < 1.29 is 4.79 Å². The number of aromatic nitrogens is 2. The average Bonchev–Trinajstić information content (AvgIpc) is 3.09. The van der Waals surface area contributed by atoms with Crippen molar-refractivity contribution in [1.82, 2.24) is 15.1 Å². The molecule has 0 saturated carbocycles. The van der Waals surface area contributed by atoms with E-state index in [-0.39, 0.29) is 11.9 Å². The van der Waals surface area contributed by atoms with Crippen LogP contribution in [-0.4, -0.2) is 15.7 Å². The second kappa shape index (κ2) is 6.79. The van der Waals surface area contributed by atoms with Crippen LogP contribution in [0.5, 0.6) is 0 Å². The lowest BCUT2D eigenvalue weighted by atomic mass is 10.1. The van der Waals surface area contributed by atoms with Gasteiger partial charge in [0.15, 0.2) is 0 Å². The number of halogens is 1. The second-order valence-electron chi connectivity index (χ2n) is 5.18. The molecule has 3 rings (SSSR count). The van der Waals surface area contributed by atoms with Crippen molar-refractivity contribution >= 4 is 21.8 Å². The van der Waals surface area contributed by atoms with Crippen LogP contribution in [0.3, 0.4) is 0 Å². The molecule has 0 aliphatic carbocycles. The molecule has 0 spiro atoms. The van der Waals surface area contributed by atoms with Crippen LogP contribution < -0.4 is 5.32 Å². The minimum absolute atomic E-state index is 0.108. The number of benzene rings is 2. The Morgan fingerprint density at radius 2 is 1.87 bits per heavy atom. The molecule has 1 N–H and O–H groups in total. The zero-order valence-electron chi connectivity index (χ0n) is 12.6. The normalized spacial score (nSPS) is 11.9. The summed E-state index contributed by atoms with van der Waals surface area (Å²) >= 11 is 3.52. The van der Waals surface area contributed by atoms with E-state index in [1.54, 1.807) is 16.9 Å². The molecule has 0 unspecified atom stereocenters. The summed E-state index contributed by atoms with van der Waals surface area (Å²) in [6.45, 7) is 1.97. The van der Waals surface area contributed by atoms with Gasteiger partial charge in [-0.25, -0.2) is 4.68 Å². The molecule has 1 amide bonds. The van der Waals surface area contributed by atoms with Crippen LogP contribution >= 0.6 is 15.9 Å². The fraction of sp³-hybridized carbons (Fsp3) is 0.111. The number of nitrogens with one attached hydrogen (secondary N) is 1. The number of carbonyl (C=O) groups excluding carboxylic acids is 1. The van der Waals surface area contributed by atoms with Crippen LogP contribution in [0.1, 0.15) is 28.9 Å². The van der Waals surface area contributed by atoms with Gasteiger partial charge in [-0.1, -0.05) is 46.3 Å². The largest absolute Gasteiger partial charge is 0.345 e. The van der Waals surface area contributed by atoms with Crippen LogP contribution in [-0.2, 0) is 0 Å². The van der Waals surface area contributed by atoms with Gasteiger partial charge in [0.2, 0.25) is 0 Å².